The second-order valence-corrected chi connectivity index (χ2v) is 4.94. The molecule has 0 bridgehead atoms. The van der Waals surface area contributed by atoms with E-state index in [0.29, 0.717) is 16.5 Å². The highest BCUT2D eigenvalue weighted by Crippen LogP contribution is 2.33. The Bertz CT molecular complexity index is 759. The zero-order chi connectivity index (χ0) is 16.3. The first-order chi connectivity index (χ1) is 10.4. The average molecular weight is 321 g/mol. The number of halogens is 1. The Balaban J connectivity index is 2.42. The number of rotatable bonds is 4. The number of nitro groups is 1. The van der Waals surface area contributed by atoms with Gasteiger partial charge in [0.25, 0.3) is 5.69 Å². The van der Waals surface area contributed by atoms with Crippen LogP contribution in [0.4, 0.5) is 11.4 Å². The zero-order valence-corrected chi connectivity index (χ0v) is 12.7. The van der Waals surface area contributed by atoms with Crippen LogP contribution in [0, 0.1) is 17.0 Å². The smallest absolute Gasteiger partial charge is 0.270 e. The first kappa shape index (κ1) is 15.8. The summed E-state index contributed by atoms with van der Waals surface area (Å²) in [6.07, 6.45) is 1.34. The number of benzene rings is 2. The fourth-order valence-corrected chi connectivity index (χ4v) is 1.96. The van der Waals surface area contributed by atoms with Gasteiger partial charge in [-0.3, -0.25) is 15.1 Å². The molecule has 0 heterocycles. The molecule has 0 aliphatic heterocycles. The van der Waals surface area contributed by atoms with Crippen LogP contribution in [-0.4, -0.2) is 23.4 Å². The SMILES string of the molecule is COc1cc(Cl)c(C)cc1N=Cc1cc([N+](=O)[O-])ccc1O. The molecule has 0 saturated heterocycles. The van der Waals surface area contributed by atoms with Crippen molar-refractivity contribution in [3.05, 3.63) is 56.6 Å². The Morgan fingerprint density at radius 2 is 2.09 bits per heavy atom. The first-order valence-electron chi connectivity index (χ1n) is 6.28. The van der Waals surface area contributed by atoms with Crippen LogP contribution >= 0.6 is 11.6 Å². The molecular weight excluding hydrogens is 308 g/mol. The van der Waals surface area contributed by atoms with E-state index >= 15 is 0 Å². The van der Waals surface area contributed by atoms with E-state index in [1.165, 1.54) is 31.5 Å². The summed E-state index contributed by atoms with van der Waals surface area (Å²) in [4.78, 5) is 14.4. The first-order valence-corrected chi connectivity index (χ1v) is 6.65. The summed E-state index contributed by atoms with van der Waals surface area (Å²) >= 11 is 6.02. The van der Waals surface area contributed by atoms with Gasteiger partial charge in [0.05, 0.1) is 12.0 Å². The van der Waals surface area contributed by atoms with Gasteiger partial charge in [0, 0.05) is 35.0 Å². The van der Waals surface area contributed by atoms with Gasteiger partial charge in [-0.05, 0) is 24.6 Å². The topological polar surface area (TPSA) is 85.0 Å². The molecule has 0 aromatic heterocycles. The summed E-state index contributed by atoms with van der Waals surface area (Å²) in [5, 5.41) is 21.1. The number of non-ortho nitro benzene ring substituents is 1. The molecule has 0 aliphatic carbocycles. The fourth-order valence-electron chi connectivity index (χ4n) is 1.81. The van der Waals surface area contributed by atoms with Gasteiger partial charge >= 0.3 is 0 Å². The highest BCUT2D eigenvalue weighted by molar-refractivity contribution is 6.31. The monoisotopic (exact) mass is 320 g/mol. The zero-order valence-electron chi connectivity index (χ0n) is 11.9. The largest absolute Gasteiger partial charge is 0.507 e. The summed E-state index contributed by atoms with van der Waals surface area (Å²) in [5.41, 5.74) is 1.44. The number of aliphatic imine (C=N–C) groups is 1. The number of aryl methyl sites for hydroxylation is 1. The van der Waals surface area contributed by atoms with E-state index in [9.17, 15) is 15.2 Å². The number of hydrogen-bond donors (Lipinski definition) is 1. The molecule has 7 heteroatoms. The maximum Gasteiger partial charge on any atom is 0.270 e. The van der Waals surface area contributed by atoms with Crippen molar-refractivity contribution in [2.24, 2.45) is 4.99 Å². The predicted molar refractivity (Wildman–Crippen MR) is 84.8 cm³/mol. The molecule has 1 N–H and O–H groups in total. The van der Waals surface area contributed by atoms with E-state index < -0.39 is 4.92 Å². The van der Waals surface area contributed by atoms with Crippen molar-refractivity contribution in [2.75, 3.05) is 7.11 Å². The van der Waals surface area contributed by atoms with Crippen LogP contribution in [0.25, 0.3) is 0 Å². The van der Waals surface area contributed by atoms with Crippen molar-refractivity contribution in [3.8, 4) is 11.5 Å². The van der Waals surface area contributed by atoms with Crippen LogP contribution in [0.3, 0.4) is 0 Å². The molecule has 6 nitrogen and oxygen atoms in total. The molecule has 0 fully saturated rings. The lowest BCUT2D eigenvalue weighted by molar-refractivity contribution is -0.384. The number of methoxy groups -OCH3 is 1. The number of phenolic OH excluding ortho intramolecular Hbond substituents is 1. The number of phenols is 1. The van der Waals surface area contributed by atoms with E-state index in [1.54, 1.807) is 12.1 Å². The normalized spacial score (nSPS) is 10.9. The van der Waals surface area contributed by atoms with Gasteiger partial charge in [-0.2, -0.15) is 0 Å². The van der Waals surface area contributed by atoms with Crippen LogP contribution in [-0.2, 0) is 0 Å². The predicted octanol–water partition coefficient (Wildman–Crippen LogP) is 4.02. The summed E-state index contributed by atoms with van der Waals surface area (Å²) in [6, 6.07) is 7.08. The third kappa shape index (κ3) is 3.35. The van der Waals surface area contributed by atoms with Crippen molar-refractivity contribution >= 4 is 29.2 Å². The van der Waals surface area contributed by atoms with Crippen LogP contribution in [0.1, 0.15) is 11.1 Å². The van der Waals surface area contributed by atoms with Crippen molar-refractivity contribution in [3.63, 3.8) is 0 Å². The Kier molecular flexibility index (Phi) is 4.62. The highest BCUT2D eigenvalue weighted by atomic mass is 35.5. The van der Waals surface area contributed by atoms with Gasteiger partial charge in [-0.1, -0.05) is 11.6 Å². The summed E-state index contributed by atoms with van der Waals surface area (Å²) in [7, 11) is 1.49. The quantitative estimate of drug-likeness (QED) is 0.523. The summed E-state index contributed by atoms with van der Waals surface area (Å²) in [5.74, 6) is 0.371. The minimum Gasteiger partial charge on any atom is -0.507 e. The molecule has 0 spiro atoms. The van der Waals surface area contributed by atoms with Gasteiger partial charge in [0.2, 0.25) is 0 Å². The molecule has 22 heavy (non-hydrogen) atoms. The molecule has 0 unspecified atom stereocenters. The molecule has 2 rings (SSSR count). The minimum atomic E-state index is -0.538. The lowest BCUT2D eigenvalue weighted by Gasteiger charge is -2.07. The second kappa shape index (κ2) is 6.44. The molecule has 2 aromatic carbocycles. The molecule has 0 amide bonds. The lowest BCUT2D eigenvalue weighted by atomic mass is 10.2. The molecule has 0 aliphatic rings. The van der Waals surface area contributed by atoms with E-state index in [4.69, 9.17) is 16.3 Å². The average Bonchev–Trinajstić information content (AvgIpc) is 2.49. The number of nitrogens with zero attached hydrogens (tertiary/aromatic N) is 2. The number of ether oxygens (including phenoxy) is 1. The van der Waals surface area contributed by atoms with Crippen LogP contribution < -0.4 is 4.74 Å². The van der Waals surface area contributed by atoms with Crippen LogP contribution in [0.15, 0.2) is 35.3 Å². The number of aromatic hydroxyl groups is 1. The molecule has 0 radical (unpaired) electrons. The fraction of sp³-hybridized carbons (Fsp3) is 0.133. The Morgan fingerprint density at radius 3 is 2.73 bits per heavy atom. The lowest BCUT2D eigenvalue weighted by Crippen LogP contribution is -1.91. The van der Waals surface area contributed by atoms with Crippen molar-refractivity contribution < 1.29 is 14.8 Å². The minimum absolute atomic E-state index is 0.0981. The van der Waals surface area contributed by atoms with E-state index in [0.717, 1.165) is 5.56 Å². The Morgan fingerprint density at radius 1 is 1.36 bits per heavy atom. The Labute approximate surface area is 131 Å². The maximum absolute atomic E-state index is 10.8. The maximum atomic E-state index is 10.8. The third-order valence-corrected chi connectivity index (χ3v) is 3.43. The number of nitro benzene ring substituents is 1. The van der Waals surface area contributed by atoms with E-state index in [1.807, 2.05) is 6.92 Å². The van der Waals surface area contributed by atoms with E-state index in [2.05, 4.69) is 4.99 Å². The Hall–Kier alpha value is -2.60. The number of hydrogen-bond acceptors (Lipinski definition) is 5. The molecule has 114 valence electrons. The third-order valence-electron chi connectivity index (χ3n) is 3.02. The van der Waals surface area contributed by atoms with Crippen molar-refractivity contribution in [1.29, 1.82) is 0 Å². The second-order valence-electron chi connectivity index (χ2n) is 4.53. The van der Waals surface area contributed by atoms with Crippen molar-refractivity contribution in [2.45, 2.75) is 6.92 Å². The van der Waals surface area contributed by atoms with E-state index in [-0.39, 0.29) is 17.0 Å². The van der Waals surface area contributed by atoms with Gasteiger partial charge < -0.3 is 9.84 Å². The van der Waals surface area contributed by atoms with Crippen LogP contribution in [0.5, 0.6) is 11.5 Å². The van der Waals surface area contributed by atoms with Gasteiger partial charge in [-0.25, -0.2) is 0 Å². The van der Waals surface area contributed by atoms with Gasteiger partial charge in [-0.15, -0.1) is 0 Å². The standard InChI is InChI=1S/C15H13ClN2O4/c1-9-5-13(15(22-2)7-12(9)16)17-8-10-6-11(18(20)21)3-4-14(10)19/h3-8,19H,1-2H3. The van der Waals surface area contributed by atoms with Gasteiger partial charge in [0.1, 0.15) is 17.2 Å². The van der Waals surface area contributed by atoms with Crippen LogP contribution in [0.2, 0.25) is 5.02 Å². The van der Waals surface area contributed by atoms with Crippen molar-refractivity contribution in [1.82, 2.24) is 0 Å². The molecule has 2 aromatic rings. The molecular formula is C15H13ClN2O4. The highest BCUT2D eigenvalue weighted by Gasteiger charge is 2.10. The summed E-state index contributed by atoms with van der Waals surface area (Å²) in [6.45, 7) is 1.83. The summed E-state index contributed by atoms with van der Waals surface area (Å²) < 4.78 is 5.19. The van der Waals surface area contributed by atoms with Gasteiger partial charge in [0.15, 0.2) is 0 Å². The molecule has 0 saturated carbocycles. The molecule has 0 atom stereocenters.